The van der Waals surface area contributed by atoms with Gasteiger partial charge in [-0.25, -0.2) is 4.79 Å². The topological polar surface area (TPSA) is 133 Å². The fraction of sp³-hybridized carbons (Fsp3) is 0.160. The number of carbonyl (C=O) groups is 1. The minimum absolute atomic E-state index is 0.0790. The Hall–Kier alpha value is -3.48. The molecule has 3 aromatic rings. The zero-order valence-corrected chi connectivity index (χ0v) is 22.3. The molecule has 0 saturated carbocycles. The highest BCUT2D eigenvalue weighted by Gasteiger charge is 2.19. The summed E-state index contributed by atoms with van der Waals surface area (Å²) < 4.78 is 63.1. The first-order chi connectivity index (χ1) is 17.4. The fourth-order valence-corrected chi connectivity index (χ4v) is 4.93. The first-order valence-electron chi connectivity index (χ1n) is 10.7. The van der Waals surface area contributed by atoms with Gasteiger partial charge in [0.2, 0.25) is 0 Å². The molecule has 0 fully saturated rings. The number of carboxylic acid groups (broad SMARTS) is 1. The lowest BCUT2D eigenvalue weighted by molar-refractivity contribution is -0.139. The maximum Gasteiger partial charge on any atom is 0.341 e. The number of rotatable bonds is 12. The van der Waals surface area contributed by atoms with Crippen LogP contribution in [0.15, 0.2) is 83.8 Å². The van der Waals surface area contributed by atoms with Gasteiger partial charge < -0.3 is 18.2 Å². The van der Waals surface area contributed by atoms with Crippen molar-refractivity contribution in [2.24, 2.45) is 0 Å². The molecule has 3 aromatic carbocycles. The van der Waals surface area contributed by atoms with E-state index < -0.39 is 32.8 Å². The van der Waals surface area contributed by atoms with Crippen LogP contribution in [0.4, 0.5) is 0 Å². The highest BCUT2D eigenvalue weighted by atomic mass is 32.2. The van der Waals surface area contributed by atoms with E-state index in [1.165, 1.54) is 23.9 Å². The molecule has 0 aliphatic carbocycles. The summed E-state index contributed by atoms with van der Waals surface area (Å²) in [5.74, 6) is -0.0887. The van der Waals surface area contributed by atoms with Crippen molar-refractivity contribution in [3.63, 3.8) is 0 Å². The third-order valence-electron chi connectivity index (χ3n) is 4.56. The van der Waals surface area contributed by atoms with Crippen LogP contribution in [-0.4, -0.2) is 52.8 Å². The molecule has 0 aliphatic heterocycles. The highest BCUT2D eigenvalue weighted by molar-refractivity contribution is 7.99. The third kappa shape index (κ3) is 9.16. The molecule has 0 radical (unpaired) electrons. The van der Waals surface area contributed by atoms with Gasteiger partial charge >= 0.3 is 26.2 Å². The molecule has 0 aliphatic rings. The summed E-state index contributed by atoms with van der Waals surface area (Å²) in [7, 11) is -7.68. The van der Waals surface area contributed by atoms with Crippen molar-refractivity contribution in [3.8, 4) is 17.2 Å². The maximum atomic E-state index is 11.9. The van der Waals surface area contributed by atoms with Crippen LogP contribution in [-0.2, 0) is 25.0 Å². The Bertz CT molecular complexity index is 1410. The Labute approximate surface area is 219 Å². The van der Waals surface area contributed by atoms with Crippen molar-refractivity contribution >= 4 is 43.5 Å². The van der Waals surface area contributed by atoms with Gasteiger partial charge in [0.05, 0.1) is 12.5 Å². The van der Waals surface area contributed by atoms with E-state index in [1.54, 1.807) is 60.7 Å². The number of ether oxygens (including phenoxy) is 1. The number of carboxylic acids is 1. The molecule has 0 heterocycles. The van der Waals surface area contributed by atoms with E-state index in [9.17, 15) is 21.6 Å². The second-order valence-corrected chi connectivity index (χ2v) is 11.9. The van der Waals surface area contributed by atoms with Crippen molar-refractivity contribution in [2.75, 3.05) is 24.9 Å². The maximum absolute atomic E-state index is 11.9. The number of hydrogen-bond donors (Lipinski definition) is 1. The smallest absolute Gasteiger partial charge is 0.341 e. The summed E-state index contributed by atoms with van der Waals surface area (Å²) >= 11 is 1.44. The molecule has 0 bridgehead atoms. The molecule has 37 heavy (non-hydrogen) atoms. The van der Waals surface area contributed by atoms with Gasteiger partial charge in [-0.3, -0.25) is 0 Å². The molecule has 0 saturated heterocycles. The van der Waals surface area contributed by atoms with Gasteiger partial charge in [0.1, 0.15) is 17.2 Å². The van der Waals surface area contributed by atoms with Gasteiger partial charge in [0.15, 0.2) is 6.61 Å². The van der Waals surface area contributed by atoms with Gasteiger partial charge in [-0.15, -0.1) is 11.8 Å². The van der Waals surface area contributed by atoms with E-state index in [4.69, 9.17) is 18.2 Å². The fourth-order valence-electron chi connectivity index (χ4n) is 3.21. The van der Waals surface area contributed by atoms with E-state index in [2.05, 4.69) is 0 Å². The molecule has 3 rings (SSSR count). The summed E-state index contributed by atoms with van der Waals surface area (Å²) in [4.78, 5) is 11.5. The summed E-state index contributed by atoms with van der Waals surface area (Å²) in [5, 5.41) is 8.73. The molecule has 0 spiro atoms. The van der Waals surface area contributed by atoms with E-state index in [1.807, 2.05) is 6.08 Å². The first kappa shape index (κ1) is 28.1. The van der Waals surface area contributed by atoms with Crippen LogP contribution in [0.5, 0.6) is 17.2 Å². The standard InChI is InChI=1S/C25H24O9S3/c1-36(28,29)33-23-9-5-3-7-21(23)20(22-8-4-6-10-24(22)34-37(2,30)31)15-16-35-19-13-11-18(12-14-19)32-17-25(26)27/h3-15H,16-17H2,1-2H3,(H,26,27). The van der Waals surface area contributed by atoms with Crippen LogP contribution in [0.1, 0.15) is 11.1 Å². The second-order valence-electron chi connectivity index (χ2n) is 7.65. The Kier molecular flexibility index (Phi) is 9.24. The SMILES string of the molecule is CS(=O)(=O)Oc1ccccc1C(=CCSc1ccc(OCC(=O)O)cc1)c1ccccc1OS(C)(=O)=O. The molecule has 1 N–H and O–H groups in total. The molecule has 0 amide bonds. The van der Waals surface area contributed by atoms with Gasteiger partial charge in [0, 0.05) is 21.8 Å². The van der Waals surface area contributed by atoms with Crippen molar-refractivity contribution < 1.29 is 39.8 Å². The summed E-state index contributed by atoms with van der Waals surface area (Å²) in [5.41, 5.74) is 1.36. The van der Waals surface area contributed by atoms with Gasteiger partial charge in [-0.05, 0) is 42.0 Å². The Morgan fingerprint density at radius 1 is 0.811 bits per heavy atom. The van der Waals surface area contributed by atoms with Gasteiger partial charge in [0.25, 0.3) is 0 Å². The molecule has 0 unspecified atom stereocenters. The average molecular weight is 565 g/mol. The molecule has 0 atom stereocenters. The van der Waals surface area contributed by atoms with Crippen LogP contribution in [0.3, 0.4) is 0 Å². The largest absolute Gasteiger partial charge is 0.482 e. The number of benzene rings is 3. The highest BCUT2D eigenvalue weighted by Crippen LogP contribution is 2.37. The summed E-state index contributed by atoms with van der Waals surface area (Å²) in [6.45, 7) is -0.442. The van der Waals surface area contributed by atoms with Crippen molar-refractivity contribution in [2.45, 2.75) is 4.90 Å². The van der Waals surface area contributed by atoms with Crippen LogP contribution in [0.2, 0.25) is 0 Å². The first-order valence-corrected chi connectivity index (χ1v) is 15.3. The number of aliphatic carboxylic acids is 1. The molecule has 196 valence electrons. The van der Waals surface area contributed by atoms with Crippen molar-refractivity contribution in [1.82, 2.24) is 0 Å². The van der Waals surface area contributed by atoms with Gasteiger partial charge in [-0.2, -0.15) is 16.8 Å². The third-order valence-corrected chi connectivity index (χ3v) is 6.46. The molecule has 9 nitrogen and oxygen atoms in total. The van der Waals surface area contributed by atoms with Crippen LogP contribution >= 0.6 is 11.8 Å². The predicted molar refractivity (Wildman–Crippen MR) is 141 cm³/mol. The summed E-state index contributed by atoms with van der Waals surface area (Å²) in [6, 6.07) is 19.9. The number of thioether (sulfide) groups is 1. The quantitative estimate of drug-likeness (QED) is 0.254. The van der Waals surface area contributed by atoms with Crippen LogP contribution < -0.4 is 13.1 Å². The Morgan fingerprint density at radius 3 is 1.76 bits per heavy atom. The molecule has 12 heteroatoms. The van der Waals surface area contributed by atoms with E-state index in [0.29, 0.717) is 28.2 Å². The van der Waals surface area contributed by atoms with Gasteiger partial charge in [-0.1, -0.05) is 42.5 Å². The zero-order chi connectivity index (χ0) is 27.1. The van der Waals surface area contributed by atoms with Crippen LogP contribution in [0, 0.1) is 0 Å². The lowest BCUT2D eigenvalue weighted by Crippen LogP contribution is -2.09. The van der Waals surface area contributed by atoms with E-state index in [-0.39, 0.29) is 11.5 Å². The molecular formula is C25H24O9S3. The van der Waals surface area contributed by atoms with Crippen molar-refractivity contribution in [1.29, 1.82) is 0 Å². The number of para-hydroxylation sites is 2. The second kappa shape index (κ2) is 12.2. The lowest BCUT2D eigenvalue weighted by Gasteiger charge is -2.16. The Balaban J connectivity index is 1.98. The monoisotopic (exact) mass is 564 g/mol. The summed E-state index contributed by atoms with van der Waals surface area (Å²) in [6.07, 6.45) is 3.69. The van der Waals surface area contributed by atoms with Crippen molar-refractivity contribution in [3.05, 3.63) is 90.0 Å². The normalized spacial score (nSPS) is 11.4. The molecular weight excluding hydrogens is 540 g/mol. The minimum atomic E-state index is -3.84. The minimum Gasteiger partial charge on any atom is -0.482 e. The lowest BCUT2D eigenvalue weighted by atomic mass is 9.96. The predicted octanol–water partition coefficient (Wildman–Crippen LogP) is 4.05. The van der Waals surface area contributed by atoms with E-state index in [0.717, 1.165) is 17.4 Å². The Morgan fingerprint density at radius 2 is 1.30 bits per heavy atom. The average Bonchev–Trinajstić information content (AvgIpc) is 2.80. The number of hydrogen-bond acceptors (Lipinski definition) is 9. The van der Waals surface area contributed by atoms with E-state index >= 15 is 0 Å². The molecule has 0 aromatic heterocycles. The zero-order valence-electron chi connectivity index (χ0n) is 19.9. The van der Waals surface area contributed by atoms with Crippen LogP contribution in [0.25, 0.3) is 5.57 Å².